The molecule has 2 bridgehead atoms. The maximum absolute atomic E-state index is 9.67. The Morgan fingerprint density at radius 3 is 2.67 bits per heavy atom. The van der Waals surface area contributed by atoms with E-state index in [4.69, 9.17) is 0 Å². The summed E-state index contributed by atoms with van der Waals surface area (Å²) < 4.78 is 0. The molecule has 0 amide bonds. The molecule has 1 nitrogen and oxygen atoms in total. The van der Waals surface area contributed by atoms with E-state index in [1.807, 2.05) is 0 Å². The predicted octanol–water partition coefficient (Wildman–Crippen LogP) is 3.31. The molecule has 3 atom stereocenters. The molecule has 1 saturated carbocycles. The highest BCUT2D eigenvalue weighted by atomic mass is 16.3. The number of aliphatic hydroxyl groups excluding tert-OH is 1. The van der Waals surface area contributed by atoms with Crippen LogP contribution in [0.4, 0.5) is 0 Å². The van der Waals surface area contributed by atoms with Crippen molar-refractivity contribution < 1.29 is 5.11 Å². The summed E-state index contributed by atoms with van der Waals surface area (Å²) in [4.78, 5) is 0. The maximum Gasteiger partial charge on any atom is 0.0755 e. The van der Waals surface area contributed by atoms with Crippen LogP contribution < -0.4 is 0 Å². The Balaban J connectivity index is 2.23. The molecule has 0 aromatic carbocycles. The number of fused-ring (bicyclic) bond motifs is 2. The highest BCUT2D eigenvalue weighted by Gasteiger charge is 2.56. The molecule has 0 unspecified atom stereocenters. The van der Waals surface area contributed by atoms with Crippen LogP contribution in [0.25, 0.3) is 0 Å². The van der Waals surface area contributed by atoms with Gasteiger partial charge in [0, 0.05) is 0 Å². The fraction of sp³-hybridized carbons (Fsp3) is 0.714. The summed E-state index contributed by atoms with van der Waals surface area (Å²) in [6.45, 7) is 10.7. The van der Waals surface area contributed by atoms with Crippen molar-refractivity contribution in [1.29, 1.82) is 0 Å². The molecule has 0 aromatic rings. The van der Waals surface area contributed by atoms with Crippen molar-refractivity contribution in [2.75, 3.05) is 0 Å². The van der Waals surface area contributed by atoms with Crippen molar-refractivity contribution in [3.05, 3.63) is 24.3 Å². The molecular formula is C14H22O. The van der Waals surface area contributed by atoms with Crippen molar-refractivity contribution in [2.45, 2.75) is 46.1 Å². The van der Waals surface area contributed by atoms with Crippen LogP contribution in [0.5, 0.6) is 0 Å². The molecule has 0 aromatic heterocycles. The van der Waals surface area contributed by atoms with Crippen molar-refractivity contribution in [3.8, 4) is 0 Å². The molecule has 2 aliphatic carbocycles. The molecule has 15 heavy (non-hydrogen) atoms. The molecule has 84 valence electrons. The summed E-state index contributed by atoms with van der Waals surface area (Å²) in [5.41, 5.74) is 2.14. The van der Waals surface area contributed by atoms with Crippen molar-refractivity contribution in [2.24, 2.45) is 16.7 Å². The third kappa shape index (κ3) is 1.32. The van der Waals surface area contributed by atoms with Gasteiger partial charge in [0.15, 0.2) is 0 Å². The number of allylic oxidation sites excluding steroid dienone is 1. The molecule has 0 saturated heterocycles. The first-order chi connectivity index (χ1) is 6.91. The quantitative estimate of drug-likeness (QED) is 0.702. The van der Waals surface area contributed by atoms with Crippen molar-refractivity contribution >= 4 is 0 Å². The van der Waals surface area contributed by atoms with Gasteiger partial charge < -0.3 is 5.11 Å². The van der Waals surface area contributed by atoms with E-state index in [1.165, 1.54) is 18.4 Å². The molecule has 0 radical (unpaired) electrons. The monoisotopic (exact) mass is 206 g/mol. The van der Waals surface area contributed by atoms with Crippen molar-refractivity contribution in [1.82, 2.24) is 0 Å². The second-order valence-corrected chi connectivity index (χ2v) is 5.90. The molecule has 0 heterocycles. The first kappa shape index (κ1) is 10.9. The molecule has 1 fully saturated rings. The van der Waals surface area contributed by atoms with Crippen LogP contribution in [0.3, 0.4) is 0 Å². The van der Waals surface area contributed by atoms with Crippen LogP contribution in [-0.2, 0) is 0 Å². The van der Waals surface area contributed by atoms with E-state index in [0.29, 0.717) is 10.8 Å². The van der Waals surface area contributed by atoms with E-state index >= 15 is 0 Å². The van der Waals surface area contributed by atoms with Gasteiger partial charge in [0.1, 0.15) is 0 Å². The van der Waals surface area contributed by atoms with Gasteiger partial charge in [0.25, 0.3) is 0 Å². The Kier molecular flexibility index (Phi) is 2.34. The van der Waals surface area contributed by atoms with E-state index < -0.39 is 0 Å². The highest BCUT2D eigenvalue weighted by molar-refractivity contribution is 5.32. The summed E-state index contributed by atoms with van der Waals surface area (Å²) in [7, 11) is 0. The summed E-state index contributed by atoms with van der Waals surface area (Å²) in [6.07, 6.45) is 7.06. The molecule has 0 aliphatic heterocycles. The number of aliphatic hydroxyl groups is 1. The fourth-order valence-electron chi connectivity index (χ4n) is 3.43. The summed E-state index contributed by atoms with van der Waals surface area (Å²) in [5.74, 6) is 0.717. The summed E-state index contributed by atoms with van der Waals surface area (Å²) >= 11 is 0. The summed E-state index contributed by atoms with van der Waals surface area (Å²) in [6, 6.07) is 0. The predicted molar refractivity (Wildman–Crippen MR) is 63.5 cm³/mol. The highest BCUT2D eigenvalue weighted by Crippen LogP contribution is 2.65. The van der Waals surface area contributed by atoms with E-state index in [9.17, 15) is 5.11 Å². The third-order valence-corrected chi connectivity index (χ3v) is 5.12. The van der Waals surface area contributed by atoms with Gasteiger partial charge in [-0.1, -0.05) is 38.5 Å². The summed E-state index contributed by atoms with van der Waals surface area (Å²) in [5, 5.41) is 9.67. The molecular weight excluding hydrogens is 184 g/mol. The van der Waals surface area contributed by atoms with Crippen LogP contribution in [-0.4, -0.2) is 11.2 Å². The largest absolute Gasteiger partial charge is 0.389 e. The van der Waals surface area contributed by atoms with Crippen LogP contribution in [0.1, 0.15) is 40.0 Å². The molecule has 2 rings (SSSR count). The van der Waals surface area contributed by atoms with E-state index in [0.717, 1.165) is 12.3 Å². The molecule has 1 N–H and O–H groups in total. The van der Waals surface area contributed by atoms with Crippen molar-refractivity contribution in [3.63, 3.8) is 0 Å². The lowest BCUT2D eigenvalue weighted by Crippen LogP contribution is -2.31. The second kappa shape index (κ2) is 3.21. The Bertz CT molecular complexity index is 313. The van der Waals surface area contributed by atoms with Gasteiger partial charge in [0.2, 0.25) is 0 Å². The van der Waals surface area contributed by atoms with Gasteiger partial charge in [-0.05, 0) is 36.0 Å². The average Bonchev–Trinajstić information content (AvgIpc) is 2.50. The van der Waals surface area contributed by atoms with Gasteiger partial charge in [0.05, 0.1) is 6.10 Å². The Hall–Kier alpha value is -0.560. The Labute approximate surface area is 92.9 Å². The smallest absolute Gasteiger partial charge is 0.0755 e. The third-order valence-electron chi connectivity index (χ3n) is 5.12. The minimum Gasteiger partial charge on any atom is -0.389 e. The number of hydrogen-bond acceptors (Lipinski definition) is 1. The Morgan fingerprint density at radius 1 is 1.60 bits per heavy atom. The van der Waals surface area contributed by atoms with Gasteiger partial charge in [-0.2, -0.15) is 0 Å². The topological polar surface area (TPSA) is 20.2 Å². The standard InChI is InChI=1S/C14H22O/c1-5-12(15)9-11-8-10-6-7-14(11,4)13(10,2)3/h5,8,10,12,15H,1,6-7,9H2,2-4H3/t10-,12+,14-/m1/s1. The molecule has 1 heteroatoms. The van der Waals surface area contributed by atoms with Crippen LogP contribution >= 0.6 is 0 Å². The lowest BCUT2D eigenvalue weighted by Gasteiger charge is -2.38. The minimum atomic E-state index is -0.372. The van der Waals surface area contributed by atoms with Crippen LogP contribution in [0.15, 0.2) is 24.3 Å². The molecule has 0 spiro atoms. The number of rotatable bonds is 3. The minimum absolute atomic E-state index is 0.307. The first-order valence-corrected chi connectivity index (χ1v) is 5.93. The maximum atomic E-state index is 9.67. The van der Waals surface area contributed by atoms with E-state index in [2.05, 4.69) is 33.4 Å². The van der Waals surface area contributed by atoms with Gasteiger partial charge >= 0.3 is 0 Å². The van der Waals surface area contributed by atoms with Crippen LogP contribution in [0, 0.1) is 16.7 Å². The zero-order valence-corrected chi connectivity index (χ0v) is 10.1. The second-order valence-electron chi connectivity index (χ2n) is 5.90. The molecule has 2 aliphatic rings. The SMILES string of the molecule is C=C[C@H](O)CC1=C[C@H]2CC[C@@]1(C)C2(C)C. The van der Waals surface area contributed by atoms with Gasteiger partial charge in [-0.3, -0.25) is 0 Å². The normalized spacial score (nSPS) is 38.9. The zero-order valence-electron chi connectivity index (χ0n) is 10.1. The average molecular weight is 206 g/mol. The zero-order chi connectivity index (χ0) is 11.3. The first-order valence-electron chi connectivity index (χ1n) is 5.93. The van der Waals surface area contributed by atoms with Gasteiger partial charge in [-0.15, -0.1) is 6.58 Å². The van der Waals surface area contributed by atoms with E-state index in [-0.39, 0.29) is 6.10 Å². The lowest BCUT2D eigenvalue weighted by molar-refractivity contribution is 0.153. The lowest BCUT2D eigenvalue weighted by atomic mass is 9.66. The Morgan fingerprint density at radius 2 is 2.27 bits per heavy atom. The number of hydrogen-bond donors (Lipinski definition) is 1. The van der Waals surface area contributed by atoms with E-state index in [1.54, 1.807) is 6.08 Å². The fourth-order valence-corrected chi connectivity index (χ4v) is 3.43. The van der Waals surface area contributed by atoms with Gasteiger partial charge in [-0.25, -0.2) is 0 Å². The van der Waals surface area contributed by atoms with Crippen LogP contribution in [0.2, 0.25) is 0 Å².